The maximum Gasteiger partial charge on any atom is 0.259 e. The summed E-state index contributed by atoms with van der Waals surface area (Å²) in [5.41, 5.74) is 1.96. The Labute approximate surface area is 174 Å². The molecule has 0 saturated carbocycles. The average molecular weight is 411 g/mol. The Bertz CT molecular complexity index is 1050. The van der Waals surface area contributed by atoms with Gasteiger partial charge in [0.1, 0.15) is 5.69 Å². The largest absolute Gasteiger partial charge is 0.463 e. The van der Waals surface area contributed by atoms with Crippen LogP contribution in [0.1, 0.15) is 29.9 Å². The normalized spacial score (nSPS) is 15.1. The summed E-state index contributed by atoms with van der Waals surface area (Å²) in [6, 6.07) is 5.40. The standard InChI is InChI=1S/C21H25N5O4/c1-13(2)22-18(27)12-25-6-8-26(9-7-25)21(28)15-11-16(17-5-4-10-29-17)23-20-19(15)14(3)24-30-20/h4-5,10-11,13H,6-9,12H2,1-3H3,(H,22,27). The summed E-state index contributed by atoms with van der Waals surface area (Å²) in [5, 5.41) is 7.50. The minimum atomic E-state index is -0.104. The third kappa shape index (κ3) is 4.06. The van der Waals surface area contributed by atoms with Gasteiger partial charge in [-0.1, -0.05) is 5.16 Å². The second kappa shape index (κ2) is 8.27. The number of piperazine rings is 1. The second-order valence-electron chi connectivity index (χ2n) is 7.77. The van der Waals surface area contributed by atoms with Crippen molar-refractivity contribution in [3.8, 4) is 11.5 Å². The molecule has 1 saturated heterocycles. The predicted molar refractivity (Wildman–Crippen MR) is 110 cm³/mol. The number of hydrogen-bond donors (Lipinski definition) is 1. The Morgan fingerprint density at radius 2 is 2.00 bits per heavy atom. The molecule has 0 atom stereocenters. The third-order valence-electron chi connectivity index (χ3n) is 5.10. The molecule has 1 N–H and O–H groups in total. The van der Waals surface area contributed by atoms with Crippen LogP contribution >= 0.6 is 0 Å². The molecule has 4 rings (SSSR count). The Balaban J connectivity index is 1.53. The van der Waals surface area contributed by atoms with Crippen LogP contribution < -0.4 is 5.32 Å². The minimum Gasteiger partial charge on any atom is -0.463 e. The van der Waals surface area contributed by atoms with E-state index in [1.165, 1.54) is 0 Å². The van der Waals surface area contributed by atoms with E-state index in [0.717, 1.165) is 0 Å². The molecule has 3 aromatic heterocycles. The zero-order valence-electron chi connectivity index (χ0n) is 17.3. The van der Waals surface area contributed by atoms with Crippen LogP contribution in [0.15, 0.2) is 33.4 Å². The van der Waals surface area contributed by atoms with Crippen molar-refractivity contribution >= 4 is 22.9 Å². The lowest BCUT2D eigenvalue weighted by Gasteiger charge is -2.34. The molecule has 9 heteroatoms. The minimum absolute atomic E-state index is 0.00352. The summed E-state index contributed by atoms with van der Waals surface area (Å²) in [7, 11) is 0. The molecule has 30 heavy (non-hydrogen) atoms. The monoisotopic (exact) mass is 411 g/mol. The molecular formula is C21H25N5O4. The molecule has 3 aromatic rings. The van der Waals surface area contributed by atoms with Crippen LogP contribution in [-0.4, -0.2) is 70.5 Å². The Hall–Kier alpha value is -3.20. The number of pyridine rings is 1. The van der Waals surface area contributed by atoms with Gasteiger partial charge in [0.25, 0.3) is 11.6 Å². The first-order valence-corrected chi connectivity index (χ1v) is 10.0. The molecule has 9 nitrogen and oxygen atoms in total. The Morgan fingerprint density at radius 3 is 2.67 bits per heavy atom. The van der Waals surface area contributed by atoms with Crippen LogP contribution in [0.5, 0.6) is 0 Å². The maximum absolute atomic E-state index is 13.4. The smallest absolute Gasteiger partial charge is 0.259 e. The number of hydrogen-bond acceptors (Lipinski definition) is 7. The molecule has 0 spiro atoms. The highest BCUT2D eigenvalue weighted by Gasteiger charge is 2.27. The van der Waals surface area contributed by atoms with Crippen molar-refractivity contribution in [2.24, 2.45) is 0 Å². The summed E-state index contributed by atoms with van der Waals surface area (Å²) >= 11 is 0. The molecule has 0 unspecified atom stereocenters. The molecule has 1 aliphatic rings. The van der Waals surface area contributed by atoms with Gasteiger partial charge in [0.15, 0.2) is 5.76 Å². The lowest BCUT2D eigenvalue weighted by Crippen LogP contribution is -2.51. The van der Waals surface area contributed by atoms with E-state index in [4.69, 9.17) is 8.94 Å². The number of carbonyl (C=O) groups excluding carboxylic acids is 2. The molecular weight excluding hydrogens is 386 g/mol. The lowest BCUT2D eigenvalue weighted by atomic mass is 10.1. The number of carbonyl (C=O) groups is 2. The van der Waals surface area contributed by atoms with E-state index in [9.17, 15) is 9.59 Å². The first-order valence-electron chi connectivity index (χ1n) is 10.0. The fourth-order valence-corrected chi connectivity index (χ4v) is 3.66. The molecule has 4 heterocycles. The van der Waals surface area contributed by atoms with Gasteiger partial charge >= 0.3 is 0 Å². The zero-order valence-corrected chi connectivity index (χ0v) is 17.3. The van der Waals surface area contributed by atoms with E-state index in [0.29, 0.717) is 66.5 Å². The fraction of sp³-hybridized carbons (Fsp3) is 0.429. The van der Waals surface area contributed by atoms with Gasteiger partial charge in [-0.15, -0.1) is 0 Å². The summed E-state index contributed by atoms with van der Waals surface area (Å²) in [4.78, 5) is 33.7. The van der Waals surface area contributed by atoms with Gasteiger partial charge in [0.2, 0.25) is 5.91 Å². The first kappa shape index (κ1) is 20.1. The molecule has 158 valence electrons. The Kier molecular flexibility index (Phi) is 5.54. The molecule has 2 amide bonds. The maximum atomic E-state index is 13.4. The van der Waals surface area contributed by atoms with E-state index in [1.54, 1.807) is 36.3 Å². The molecule has 0 radical (unpaired) electrons. The quantitative estimate of drug-likeness (QED) is 0.685. The molecule has 1 fully saturated rings. The first-order chi connectivity index (χ1) is 14.4. The van der Waals surface area contributed by atoms with E-state index in [-0.39, 0.29) is 17.9 Å². The van der Waals surface area contributed by atoms with E-state index in [2.05, 4.69) is 20.4 Å². The lowest BCUT2D eigenvalue weighted by molar-refractivity contribution is -0.123. The molecule has 0 bridgehead atoms. The number of rotatable bonds is 5. The third-order valence-corrected chi connectivity index (χ3v) is 5.10. The van der Waals surface area contributed by atoms with E-state index >= 15 is 0 Å². The van der Waals surface area contributed by atoms with Gasteiger partial charge < -0.3 is 19.2 Å². The summed E-state index contributed by atoms with van der Waals surface area (Å²) in [6.45, 7) is 8.37. The molecule has 1 aliphatic heterocycles. The van der Waals surface area contributed by atoms with Gasteiger partial charge in [-0.05, 0) is 39.0 Å². The average Bonchev–Trinajstić information content (AvgIpc) is 3.37. The van der Waals surface area contributed by atoms with E-state index in [1.807, 2.05) is 13.8 Å². The zero-order chi connectivity index (χ0) is 21.3. The second-order valence-corrected chi connectivity index (χ2v) is 7.77. The Morgan fingerprint density at radius 1 is 1.23 bits per heavy atom. The van der Waals surface area contributed by atoms with Crippen molar-refractivity contribution < 1.29 is 18.5 Å². The van der Waals surface area contributed by atoms with Crippen LogP contribution in [0.3, 0.4) is 0 Å². The van der Waals surface area contributed by atoms with Crippen LogP contribution in [0.25, 0.3) is 22.6 Å². The highest BCUT2D eigenvalue weighted by Crippen LogP contribution is 2.28. The molecule has 0 aromatic carbocycles. The fourth-order valence-electron chi connectivity index (χ4n) is 3.66. The number of furan rings is 1. The topological polar surface area (TPSA) is 105 Å². The summed E-state index contributed by atoms with van der Waals surface area (Å²) in [6.07, 6.45) is 1.56. The van der Waals surface area contributed by atoms with Crippen LogP contribution in [0, 0.1) is 6.92 Å². The number of nitrogens with zero attached hydrogens (tertiary/aromatic N) is 4. The highest BCUT2D eigenvalue weighted by atomic mass is 16.5. The van der Waals surface area contributed by atoms with Crippen LogP contribution in [-0.2, 0) is 4.79 Å². The SMILES string of the molecule is Cc1noc2nc(-c3ccco3)cc(C(=O)N3CCN(CC(=O)NC(C)C)CC3)c12. The number of aryl methyl sites for hydroxylation is 1. The molecule has 0 aliphatic carbocycles. The number of fused-ring (bicyclic) bond motifs is 1. The van der Waals surface area contributed by atoms with Crippen molar-refractivity contribution in [1.82, 2.24) is 25.3 Å². The van der Waals surface area contributed by atoms with Gasteiger partial charge in [-0.3, -0.25) is 14.5 Å². The van der Waals surface area contributed by atoms with E-state index < -0.39 is 0 Å². The van der Waals surface area contributed by atoms with Crippen LogP contribution in [0.2, 0.25) is 0 Å². The van der Waals surface area contributed by atoms with Gasteiger partial charge in [0, 0.05) is 32.2 Å². The predicted octanol–water partition coefficient (Wildman–Crippen LogP) is 2.07. The highest BCUT2D eigenvalue weighted by molar-refractivity contribution is 6.06. The van der Waals surface area contributed by atoms with Gasteiger partial charge in [-0.25, -0.2) is 4.98 Å². The van der Waals surface area contributed by atoms with Gasteiger partial charge in [-0.2, -0.15) is 0 Å². The number of amides is 2. The van der Waals surface area contributed by atoms with Crippen molar-refractivity contribution in [2.45, 2.75) is 26.8 Å². The summed E-state index contributed by atoms with van der Waals surface area (Å²) < 4.78 is 10.8. The summed E-state index contributed by atoms with van der Waals surface area (Å²) in [5.74, 6) is 0.456. The van der Waals surface area contributed by atoms with Gasteiger partial charge in [0.05, 0.1) is 29.5 Å². The van der Waals surface area contributed by atoms with Crippen molar-refractivity contribution in [1.29, 1.82) is 0 Å². The number of aromatic nitrogens is 2. The van der Waals surface area contributed by atoms with Crippen molar-refractivity contribution in [3.63, 3.8) is 0 Å². The van der Waals surface area contributed by atoms with Crippen molar-refractivity contribution in [2.75, 3.05) is 32.7 Å². The van der Waals surface area contributed by atoms with Crippen molar-refractivity contribution in [3.05, 3.63) is 35.7 Å². The number of nitrogens with one attached hydrogen (secondary N) is 1. The van der Waals surface area contributed by atoms with Crippen LogP contribution in [0.4, 0.5) is 0 Å².